The molecule has 2 aromatic rings. The molecular formula is C10H8N4O2. The van der Waals surface area contributed by atoms with E-state index in [1.165, 1.54) is 6.20 Å². The van der Waals surface area contributed by atoms with Gasteiger partial charge in [0.2, 0.25) is 0 Å². The van der Waals surface area contributed by atoms with Crippen molar-refractivity contribution in [2.24, 2.45) is 0 Å². The first-order valence-corrected chi connectivity index (χ1v) is 4.63. The van der Waals surface area contributed by atoms with Gasteiger partial charge in [0.15, 0.2) is 5.82 Å². The first-order chi connectivity index (χ1) is 7.83. The average molecular weight is 216 g/mol. The minimum absolute atomic E-state index is 0.0280. The standard InChI is InChI=1S/C10H8N4O2/c11-5-7-1-2-8(12-6-7)10-13-9(3-4-15)14-16-10/h1-2,6,15H,3-4H2. The molecule has 0 aliphatic carbocycles. The molecule has 0 unspecified atom stereocenters. The van der Waals surface area contributed by atoms with Crippen LogP contribution in [0.2, 0.25) is 0 Å². The second kappa shape index (κ2) is 4.51. The van der Waals surface area contributed by atoms with Crippen molar-refractivity contribution >= 4 is 0 Å². The Morgan fingerprint density at radius 3 is 2.94 bits per heavy atom. The average Bonchev–Trinajstić information content (AvgIpc) is 2.78. The van der Waals surface area contributed by atoms with Crippen LogP contribution in [0.4, 0.5) is 0 Å². The fourth-order valence-electron chi connectivity index (χ4n) is 1.15. The third-order valence-corrected chi connectivity index (χ3v) is 1.92. The molecule has 6 heteroatoms. The number of nitrogens with zero attached hydrogens (tertiary/aromatic N) is 4. The van der Waals surface area contributed by atoms with Gasteiger partial charge in [0.25, 0.3) is 5.89 Å². The first kappa shape index (κ1) is 10.3. The van der Waals surface area contributed by atoms with Gasteiger partial charge in [0, 0.05) is 12.6 Å². The molecule has 0 spiro atoms. The van der Waals surface area contributed by atoms with Crippen molar-refractivity contribution in [3.8, 4) is 17.7 Å². The van der Waals surface area contributed by atoms with E-state index in [-0.39, 0.29) is 12.5 Å². The second-order valence-electron chi connectivity index (χ2n) is 3.03. The molecule has 0 aliphatic rings. The number of aromatic nitrogens is 3. The van der Waals surface area contributed by atoms with Crippen molar-refractivity contribution in [1.82, 2.24) is 15.1 Å². The van der Waals surface area contributed by atoms with Crippen LogP contribution >= 0.6 is 0 Å². The molecule has 0 amide bonds. The van der Waals surface area contributed by atoms with Crippen molar-refractivity contribution in [3.63, 3.8) is 0 Å². The molecule has 0 saturated carbocycles. The first-order valence-electron chi connectivity index (χ1n) is 4.63. The highest BCUT2D eigenvalue weighted by atomic mass is 16.5. The summed E-state index contributed by atoms with van der Waals surface area (Å²) in [7, 11) is 0. The quantitative estimate of drug-likeness (QED) is 0.804. The zero-order valence-electron chi connectivity index (χ0n) is 8.29. The molecule has 0 bridgehead atoms. The van der Waals surface area contributed by atoms with Crippen LogP contribution in [0, 0.1) is 11.3 Å². The topological polar surface area (TPSA) is 95.8 Å². The number of aliphatic hydroxyl groups is 1. The van der Waals surface area contributed by atoms with Crippen molar-refractivity contribution in [2.75, 3.05) is 6.61 Å². The maximum absolute atomic E-state index is 8.69. The smallest absolute Gasteiger partial charge is 0.276 e. The minimum atomic E-state index is -0.0280. The van der Waals surface area contributed by atoms with Gasteiger partial charge < -0.3 is 9.63 Å². The number of pyridine rings is 1. The summed E-state index contributed by atoms with van der Waals surface area (Å²) in [4.78, 5) is 8.05. The van der Waals surface area contributed by atoms with Gasteiger partial charge in [-0.3, -0.25) is 0 Å². The lowest BCUT2D eigenvalue weighted by Gasteiger charge is -1.91. The summed E-state index contributed by atoms with van der Waals surface area (Å²) in [5, 5.41) is 21.0. The molecule has 2 heterocycles. The number of hydrogen-bond acceptors (Lipinski definition) is 6. The fourth-order valence-corrected chi connectivity index (χ4v) is 1.15. The van der Waals surface area contributed by atoms with Gasteiger partial charge in [-0.2, -0.15) is 10.2 Å². The Labute approximate surface area is 91.2 Å². The van der Waals surface area contributed by atoms with Gasteiger partial charge in [-0.1, -0.05) is 5.16 Å². The Bertz CT molecular complexity index is 512. The number of hydrogen-bond donors (Lipinski definition) is 1. The minimum Gasteiger partial charge on any atom is -0.396 e. The van der Waals surface area contributed by atoms with Gasteiger partial charge in [0.1, 0.15) is 11.8 Å². The summed E-state index contributed by atoms with van der Waals surface area (Å²) in [5.74, 6) is 0.719. The normalized spacial score (nSPS) is 10.0. The van der Waals surface area contributed by atoms with Crippen LogP contribution in [0.15, 0.2) is 22.9 Å². The highest BCUT2D eigenvalue weighted by Crippen LogP contribution is 2.14. The van der Waals surface area contributed by atoms with Crippen molar-refractivity contribution in [3.05, 3.63) is 29.7 Å². The predicted octanol–water partition coefficient (Wildman–Crippen LogP) is 0.538. The third kappa shape index (κ3) is 2.04. The Morgan fingerprint density at radius 2 is 2.31 bits per heavy atom. The highest BCUT2D eigenvalue weighted by Gasteiger charge is 2.09. The molecular weight excluding hydrogens is 208 g/mol. The van der Waals surface area contributed by atoms with Crippen LogP contribution in [-0.2, 0) is 6.42 Å². The largest absolute Gasteiger partial charge is 0.396 e. The number of rotatable bonds is 3. The van der Waals surface area contributed by atoms with E-state index in [2.05, 4.69) is 15.1 Å². The summed E-state index contributed by atoms with van der Waals surface area (Å²) in [5.41, 5.74) is 0.981. The summed E-state index contributed by atoms with van der Waals surface area (Å²) in [6, 6.07) is 5.23. The second-order valence-corrected chi connectivity index (χ2v) is 3.03. The van der Waals surface area contributed by atoms with Gasteiger partial charge in [-0.25, -0.2) is 4.98 Å². The molecule has 16 heavy (non-hydrogen) atoms. The van der Waals surface area contributed by atoms with Gasteiger partial charge in [0.05, 0.1) is 12.2 Å². The summed E-state index contributed by atoms with van der Waals surface area (Å²) >= 11 is 0. The Hall–Kier alpha value is -2.26. The Morgan fingerprint density at radius 1 is 1.44 bits per heavy atom. The molecule has 80 valence electrons. The Balaban J connectivity index is 2.25. The molecule has 1 N–H and O–H groups in total. The zero-order valence-corrected chi connectivity index (χ0v) is 8.29. The fraction of sp³-hybridized carbons (Fsp3) is 0.200. The van der Waals surface area contributed by atoms with Crippen molar-refractivity contribution < 1.29 is 9.63 Å². The Kier molecular flexibility index (Phi) is 2.89. The maximum Gasteiger partial charge on any atom is 0.276 e. The van der Waals surface area contributed by atoms with Gasteiger partial charge in [-0.05, 0) is 12.1 Å². The van der Waals surface area contributed by atoms with E-state index >= 15 is 0 Å². The zero-order chi connectivity index (χ0) is 11.4. The SMILES string of the molecule is N#Cc1ccc(-c2nc(CCO)no2)nc1. The van der Waals surface area contributed by atoms with E-state index in [0.717, 1.165) is 0 Å². The van der Waals surface area contributed by atoms with Crippen LogP contribution in [0.3, 0.4) is 0 Å². The van der Waals surface area contributed by atoms with E-state index in [1.807, 2.05) is 6.07 Å². The van der Waals surface area contributed by atoms with E-state index in [4.69, 9.17) is 14.9 Å². The van der Waals surface area contributed by atoms with Gasteiger partial charge in [-0.15, -0.1) is 0 Å². The monoisotopic (exact) mass is 216 g/mol. The predicted molar refractivity (Wildman–Crippen MR) is 53.0 cm³/mol. The van der Waals surface area contributed by atoms with Crippen LogP contribution in [0.5, 0.6) is 0 Å². The molecule has 6 nitrogen and oxygen atoms in total. The molecule has 2 rings (SSSR count). The number of aliphatic hydroxyl groups excluding tert-OH is 1. The number of nitriles is 1. The molecule has 0 aliphatic heterocycles. The summed E-state index contributed by atoms with van der Waals surface area (Å²) < 4.78 is 4.96. The lowest BCUT2D eigenvalue weighted by Crippen LogP contribution is -1.92. The van der Waals surface area contributed by atoms with Crippen LogP contribution in [0.25, 0.3) is 11.6 Å². The van der Waals surface area contributed by atoms with E-state index in [1.54, 1.807) is 12.1 Å². The van der Waals surface area contributed by atoms with Crippen LogP contribution in [0.1, 0.15) is 11.4 Å². The van der Waals surface area contributed by atoms with Gasteiger partial charge >= 0.3 is 0 Å². The van der Waals surface area contributed by atoms with Crippen molar-refractivity contribution in [1.29, 1.82) is 5.26 Å². The van der Waals surface area contributed by atoms with E-state index in [9.17, 15) is 0 Å². The summed E-state index contributed by atoms with van der Waals surface area (Å²) in [6.45, 7) is -0.0280. The maximum atomic E-state index is 8.69. The van der Waals surface area contributed by atoms with E-state index < -0.39 is 0 Å². The van der Waals surface area contributed by atoms with Crippen LogP contribution < -0.4 is 0 Å². The molecule has 2 aromatic heterocycles. The lowest BCUT2D eigenvalue weighted by atomic mass is 10.3. The van der Waals surface area contributed by atoms with Crippen molar-refractivity contribution in [2.45, 2.75) is 6.42 Å². The molecule has 0 saturated heterocycles. The third-order valence-electron chi connectivity index (χ3n) is 1.92. The molecule has 0 radical (unpaired) electrons. The van der Waals surface area contributed by atoms with E-state index in [0.29, 0.717) is 23.5 Å². The lowest BCUT2D eigenvalue weighted by molar-refractivity contribution is 0.293. The molecule has 0 fully saturated rings. The molecule has 0 aromatic carbocycles. The van der Waals surface area contributed by atoms with Crippen LogP contribution in [-0.4, -0.2) is 26.8 Å². The molecule has 0 atom stereocenters. The summed E-state index contributed by atoms with van der Waals surface area (Å²) in [6.07, 6.45) is 1.78. The highest BCUT2D eigenvalue weighted by molar-refractivity contribution is 5.47.